The zero-order valence-electron chi connectivity index (χ0n) is 7.50. The van der Waals surface area contributed by atoms with Gasteiger partial charge in [0.25, 0.3) is 6.43 Å². The summed E-state index contributed by atoms with van der Waals surface area (Å²) in [6, 6.07) is 0.836. The molecule has 0 amide bonds. The normalized spacial score (nSPS) is 10.5. The molecule has 82 valence electrons. The number of nitrogens with zero attached hydrogens (tertiary/aromatic N) is 1. The van der Waals surface area contributed by atoms with Gasteiger partial charge >= 0.3 is 5.97 Å². The molecule has 0 spiro atoms. The first-order valence-corrected chi connectivity index (χ1v) is 4.52. The highest BCUT2D eigenvalue weighted by molar-refractivity contribution is 9.10. The van der Waals surface area contributed by atoms with Crippen molar-refractivity contribution in [3.8, 4) is 5.88 Å². The fraction of sp³-hybridized carbons (Fsp3) is 0.250. The highest BCUT2D eigenvalue weighted by Crippen LogP contribution is 2.30. The lowest BCUT2D eigenvalue weighted by Crippen LogP contribution is -2.05. The number of hydrogen-bond donors (Lipinski definition) is 1. The summed E-state index contributed by atoms with van der Waals surface area (Å²) >= 11 is 2.81. The van der Waals surface area contributed by atoms with Crippen molar-refractivity contribution in [1.82, 2.24) is 4.98 Å². The van der Waals surface area contributed by atoms with E-state index in [2.05, 4.69) is 25.7 Å². The summed E-state index contributed by atoms with van der Waals surface area (Å²) in [7, 11) is 1.21. The highest BCUT2D eigenvalue weighted by Gasteiger charge is 2.20. The van der Waals surface area contributed by atoms with Gasteiger partial charge in [0.15, 0.2) is 0 Å². The molecule has 1 heterocycles. The average Bonchev–Trinajstić information content (AvgIpc) is 2.16. The first-order chi connectivity index (χ1) is 6.97. The van der Waals surface area contributed by atoms with Crippen LogP contribution in [0, 0.1) is 0 Å². The molecule has 1 aromatic rings. The van der Waals surface area contributed by atoms with Crippen molar-refractivity contribution >= 4 is 21.9 Å². The molecule has 0 saturated carbocycles. The van der Waals surface area contributed by atoms with Crippen LogP contribution in [0.5, 0.6) is 5.88 Å². The molecule has 0 aliphatic heterocycles. The van der Waals surface area contributed by atoms with Gasteiger partial charge in [-0.3, -0.25) is 0 Å². The van der Waals surface area contributed by atoms with Crippen molar-refractivity contribution in [2.24, 2.45) is 0 Å². The van der Waals surface area contributed by atoms with E-state index in [1.54, 1.807) is 0 Å². The van der Waals surface area contributed by atoms with E-state index in [0.29, 0.717) is 0 Å². The van der Waals surface area contributed by atoms with Gasteiger partial charge < -0.3 is 9.84 Å². The van der Waals surface area contributed by atoms with Crippen molar-refractivity contribution in [3.63, 3.8) is 0 Å². The molecule has 0 fully saturated rings. The van der Waals surface area contributed by atoms with Crippen LogP contribution in [0.3, 0.4) is 0 Å². The van der Waals surface area contributed by atoms with Crippen molar-refractivity contribution in [2.45, 2.75) is 6.43 Å². The lowest BCUT2D eigenvalue weighted by molar-refractivity contribution is 0.0691. The summed E-state index contributed by atoms with van der Waals surface area (Å²) in [5.74, 6) is -1.58. The fourth-order valence-electron chi connectivity index (χ4n) is 0.953. The Morgan fingerprint density at radius 2 is 2.27 bits per heavy atom. The molecule has 0 bridgehead atoms. The van der Waals surface area contributed by atoms with Gasteiger partial charge in [0.1, 0.15) is 10.2 Å². The van der Waals surface area contributed by atoms with Gasteiger partial charge in [-0.05, 0) is 22.0 Å². The van der Waals surface area contributed by atoms with Crippen LogP contribution in [0.25, 0.3) is 0 Å². The van der Waals surface area contributed by atoms with Crippen molar-refractivity contribution < 1.29 is 23.4 Å². The van der Waals surface area contributed by atoms with E-state index in [9.17, 15) is 13.6 Å². The van der Waals surface area contributed by atoms with Gasteiger partial charge in [-0.2, -0.15) is 0 Å². The number of aromatic nitrogens is 1. The Morgan fingerprint density at radius 1 is 1.67 bits per heavy atom. The molecule has 0 atom stereocenters. The third-order valence-corrected chi connectivity index (χ3v) is 2.26. The predicted octanol–water partition coefficient (Wildman–Crippen LogP) is 2.49. The monoisotopic (exact) mass is 281 g/mol. The second kappa shape index (κ2) is 4.52. The molecule has 0 aromatic carbocycles. The maximum atomic E-state index is 12.4. The number of carboxylic acid groups (broad SMARTS) is 1. The number of halogens is 3. The molecule has 0 aliphatic rings. The third-order valence-electron chi connectivity index (χ3n) is 1.63. The minimum Gasteiger partial charge on any atom is -0.480 e. The standard InChI is InChI=1S/C8H6BrF2NO3/c1-15-7-4(8(13)14)2-3(6(10)11)5(9)12-7/h2,6H,1H3,(H,13,14). The third kappa shape index (κ3) is 2.41. The van der Waals surface area contributed by atoms with E-state index in [1.165, 1.54) is 7.11 Å². The molecule has 0 aliphatic carbocycles. The summed E-state index contributed by atoms with van der Waals surface area (Å²) < 4.78 is 29.3. The van der Waals surface area contributed by atoms with Crippen LogP contribution in [0.4, 0.5) is 8.78 Å². The van der Waals surface area contributed by atoms with Crippen molar-refractivity contribution in [2.75, 3.05) is 7.11 Å². The molecular weight excluding hydrogens is 276 g/mol. The zero-order valence-corrected chi connectivity index (χ0v) is 9.09. The number of ether oxygens (including phenoxy) is 1. The molecule has 0 unspecified atom stereocenters. The number of alkyl halides is 2. The molecule has 0 radical (unpaired) electrons. The Labute approximate surface area is 92.0 Å². The van der Waals surface area contributed by atoms with Crippen LogP contribution in [0.1, 0.15) is 22.3 Å². The largest absolute Gasteiger partial charge is 0.480 e. The van der Waals surface area contributed by atoms with Gasteiger partial charge in [0, 0.05) is 0 Å². The quantitative estimate of drug-likeness (QED) is 0.865. The van der Waals surface area contributed by atoms with Crippen LogP contribution < -0.4 is 4.74 Å². The second-order valence-electron chi connectivity index (χ2n) is 2.53. The van der Waals surface area contributed by atoms with Crippen LogP contribution in [-0.4, -0.2) is 23.2 Å². The molecule has 1 aromatic heterocycles. The van der Waals surface area contributed by atoms with Gasteiger partial charge in [-0.25, -0.2) is 18.6 Å². The smallest absolute Gasteiger partial charge is 0.341 e. The average molecular weight is 282 g/mol. The first-order valence-electron chi connectivity index (χ1n) is 3.73. The summed E-state index contributed by atoms with van der Waals surface area (Å²) in [4.78, 5) is 14.3. The van der Waals surface area contributed by atoms with Crippen molar-refractivity contribution in [3.05, 3.63) is 21.8 Å². The topological polar surface area (TPSA) is 59.4 Å². The van der Waals surface area contributed by atoms with Gasteiger partial charge in [-0.15, -0.1) is 0 Å². The molecule has 0 saturated heterocycles. The Bertz CT molecular complexity index is 398. The fourth-order valence-corrected chi connectivity index (χ4v) is 1.40. The van der Waals surface area contributed by atoms with Crippen LogP contribution in [0.15, 0.2) is 10.7 Å². The molecular formula is C8H6BrF2NO3. The zero-order chi connectivity index (χ0) is 11.6. The summed E-state index contributed by atoms with van der Waals surface area (Å²) in [5, 5.41) is 8.71. The second-order valence-corrected chi connectivity index (χ2v) is 3.28. The number of pyridine rings is 1. The predicted molar refractivity (Wildman–Crippen MR) is 50.4 cm³/mol. The van der Waals surface area contributed by atoms with E-state index in [-0.39, 0.29) is 10.5 Å². The van der Waals surface area contributed by atoms with Gasteiger partial charge in [0.2, 0.25) is 5.88 Å². The Kier molecular flexibility index (Phi) is 3.57. The Morgan fingerprint density at radius 3 is 2.67 bits per heavy atom. The number of aromatic carboxylic acids is 1. The maximum absolute atomic E-state index is 12.4. The molecule has 15 heavy (non-hydrogen) atoms. The van der Waals surface area contributed by atoms with E-state index in [0.717, 1.165) is 6.07 Å². The number of methoxy groups -OCH3 is 1. The van der Waals surface area contributed by atoms with Gasteiger partial charge in [-0.1, -0.05) is 0 Å². The number of carboxylic acids is 1. The molecule has 1 rings (SSSR count). The van der Waals surface area contributed by atoms with E-state index >= 15 is 0 Å². The minimum absolute atomic E-state index is 0.126. The lowest BCUT2D eigenvalue weighted by Gasteiger charge is -2.08. The molecule has 7 heteroatoms. The van der Waals surface area contributed by atoms with E-state index in [4.69, 9.17) is 5.11 Å². The summed E-state index contributed by atoms with van der Waals surface area (Å²) in [6.07, 6.45) is -2.80. The van der Waals surface area contributed by atoms with Crippen LogP contribution in [0.2, 0.25) is 0 Å². The summed E-state index contributed by atoms with van der Waals surface area (Å²) in [6.45, 7) is 0. The number of carbonyl (C=O) groups is 1. The molecule has 4 nitrogen and oxygen atoms in total. The first kappa shape index (κ1) is 11.8. The molecule has 1 N–H and O–H groups in total. The Balaban J connectivity index is 3.37. The van der Waals surface area contributed by atoms with Gasteiger partial charge in [0.05, 0.1) is 12.7 Å². The summed E-state index contributed by atoms with van der Waals surface area (Å²) in [5.41, 5.74) is -0.871. The maximum Gasteiger partial charge on any atom is 0.341 e. The lowest BCUT2D eigenvalue weighted by atomic mass is 10.2. The van der Waals surface area contributed by atoms with E-state index in [1.807, 2.05) is 0 Å². The van der Waals surface area contributed by atoms with Crippen LogP contribution in [-0.2, 0) is 0 Å². The Hall–Kier alpha value is -1.24. The van der Waals surface area contributed by atoms with E-state index < -0.39 is 23.5 Å². The number of rotatable bonds is 3. The number of hydrogen-bond acceptors (Lipinski definition) is 3. The highest BCUT2D eigenvalue weighted by atomic mass is 79.9. The van der Waals surface area contributed by atoms with Crippen LogP contribution >= 0.6 is 15.9 Å². The minimum atomic E-state index is -2.80. The van der Waals surface area contributed by atoms with Crippen molar-refractivity contribution in [1.29, 1.82) is 0 Å². The SMILES string of the molecule is COc1nc(Br)c(C(F)F)cc1C(=O)O.